The predicted octanol–water partition coefficient (Wildman–Crippen LogP) is 3.45. The maximum atomic E-state index is 12.3. The van der Waals surface area contributed by atoms with Crippen molar-refractivity contribution in [2.24, 2.45) is 0 Å². The van der Waals surface area contributed by atoms with Crippen LogP contribution in [0.1, 0.15) is 29.1 Å². The summed E-state index contributed by atoms with van der Waals surface area (Å²) in [5.41, 5.74) is 8.25. The summed E-state index contributed by atoms with van der Waals surface area (Å²) in [6.07, 6.45) is -0.174. The molecular formula is C15H15NO3S. The van der Waals surface area contributed by atoms with Crippen LogP contribution in [0.15, 0.2) is 24.3 Å². The average Bonchev–Trinajstić information content (AvgIpc) is 2.74. The Kier molecular flexibility index (Phi) is 3.14. The highest BCUT2D eigenvalue weighted by atomic mass is 32.1. The van der Waals surface area contributed by atoms with E-state index < -0.39 is 0 Å². The molecule has 0 spiro atoms. The molecule has 0 bridgehead atoms. The Morgan fingerprint density at radius 1 is 1.40 bits per heavy atom. The number of carbonyl (C=O) groups excluding carboxylic acids is 1. The summed E-state index contributed by atoms with van der Waals surface area (Å²) < 4.78 is 11.0. The second-order valence-corrected chi connectivity index (χ2v) is 6.02. The van der Waals surface area contributed by atoms with E-state index in [2.05, 4.69) is 0 Å². The Labute approximate surface area is 121 Å². The van der Waals surface area contributed by atoms with Crippen LogP contribution >= 0.6 is 11.3 Å². The van der Waals surface area contributed by atoms with Crippen molar-refractivity contribution < 1.29 is 14.3 Å². The smallest absolute Gasteiger partial charge is 0.342 e. The Balaban J connectivity index is 2.15. The van der Waals surface area contributed by atoms with Gasteiger partial charge in [-0.15, -0.1) is 11.3 Å². The number of thiophene rings is 1. The standard InChI is InChI=1S/C15H15NO3S/c1-8(2)19-15(17)13-12-9-5-3-4-6-10(9)18-7-11(12)20-14(13)16/h3-6,8H,7,16H2,1-2H3. The van der Waals surface area contributed by atoms with Crippen LogP contribution in [0.25, 0.3) is 11.1 Å². The topological polar surface area (TPSA) is 61.5 Å². The molecule has 0 saturated carbocycles. The Hall–Kier alpha value is -2.01. The maximum Gasteiger partial charge on any atom is 0.342 e. The third kappa shape index (κ3) is 2.04. The van der Waals surface area contributed by atoms with E-state index in [1.54, 1.807) is 0 Å². The molecule has 0 atom stereocenters. The Bertz CT molecular complexity index is 676. The van der Waals surface area contributed by atoms with Crippen molar-refractivity contribution >= 4 is 22.3 Å². The van der Waals surface area contributed by atoms with Crippen LogP contribution in [-0.2, 0) is 11.3 Å². The van der Waals surface area contributed by atoms with E-state index in [9.17, 15) is 4.79 Å². The molecule has 0 saturated heterocycles. The third-order valence-electron chi connectivity index (χ3n) is 3.07. The summed E-state index contributed by atoms with van der Waals surface area (Å²) in [5.74, 6) is 0.406. The minimum atomic E-state index is -0.369. The van der Waals surface area contributed by atoms with Gasteiger partial charge in [0, 0.05) is 11.1 Å². The number of carbonyl (C=O) groups is 1. The number of esters is 1. The first-order valence-corrected chi connectivity index (χ1v) is 7.24. The van der Waals surface area contributed by atoms with E-state index in [-0.39, 0.29) is 12.1 Å². The van der Waals surface area contributed by atoms with Gasteiger partial charge in [-0.05, 0) is 19.9 Å². The molecule has 1 aromatic carbocycles. The number of nitrogen functional groups attached to an aromatic ring is 1. The normalized spacial score (nSPS) is 12.6. The van der Waals surface area contributed by atoms with Gasteiger partial charge in [-0.25, -0.2) is 4.79 Å². The first-order valence-electron chi connectivity index (χ1n) is 6.42. The van der Waals surface area contributed by atoms with E-state index in [1.165, 1.54) is 11.3 Å². The summed E-state index contributed by atoms with van der Waals surface area (Å²) in [7, 11) is 0. The first kappa shape index (κ1) is 13.0. The zero-order valence-corrected chi connectivity index (χ0v) is 12.1. The number of nitrogens with two attached hydrogens (primary N) is 1. The highest BCUT2D eigenvalue weighted by Crippen LogP contribution is 2.46. The largest absolute Gasteiger partial charge is 0.487 e. The van der Waals surface area contributed by atoms with Crippen LogP contribution in [0.5, 0.6) is 5.75 Å². The lowest BCUT2D eigenvalue weighted by atomic mass is 9.98. The fraction of sp³-hybridized carbons (Fsp3) is 0.267. The van der Waals surface area contributed by atoms with Gasteiger partial charge in [-0.1, -0.05) is 18.2 Å². The molecule has 0 fully saturated rings. The minimum absolute atomic E-state index is 0.174. The predicted molar refractivity (Wildman–Crippen MR) is 79.1 cm³/mol. The molecule has 1 aliphatic rings. The van der Waals surface area contributed by atoms with Crippen molar-refractivity contribution in [1.29, 1.82) is 0 Å². The zero-order valence-electron chi connectivity index (χ0n) is 11.3. The van der Waals surface area contributed by atoms with Gasteiger partial charge in [-0.2, -0.15) is 0 Å². The Morgan fingerprint density at radius 3 is 2.90 bits per heavy atom. The number of para-hydroxylation sites is 1. The molecule has 0 unspecified atom stereocenters. The molecule has 0 radical (unpaired) electrons. The summed E-state index contributed by atoms with van der Waals surface area (Å²) in [5, 5.41) is 0.487. The summed E-state index contributed by atoms with van der Waals surface area (Å²) in [6.45, 7) is 4.09. The number of hydrogen-bond acceptors (Lipinski definition) is 5. The molecule has 2 aromatic rings. The monoisotopic (exact) mass is 289 g/mol. The zero-order chi connectivity index (χ0) is 14.3. The van der Waals surface area contributed by atoms with Gasteiger partial charge in [0.1, 0.15) is 22.9 Å². The molecule has 0 amide bonds. The quantitative estimate of drug-likeness (QED) is 0.860. The summed E-state index contributed by atoms with van der Waals surface area (Å²) in [4.78, 5) is 13.3. The highest BCUT2D eigenvalue weighted by molar-refractivity contribution is 7.17. The lowest BCUT2D eigenvalue weighted by molar-refractivity contribution is 0.0380. The van der Waals surface area contributed by atoms with E-state index in [4.69, 9.17) is 15.2 Å². The fourth-order valence-electron chi connectivity index (χ4n) is 2.30. The second kappa shape index (κ2) is 4.83. The van der Waals surface area contributed by atoms with Crippen molar-refractivity contribution in [3.63, 3.8) is 0 Å². The van der Waals surface area contributed by atoms with Crippen molar-refractivity contribution in [2.45, 2.75) is 26.6 Å². The van der Waals surface area contributed by atoms with Crippen LogP contribution in [0, 0.1) is 0 Å². The second-order valence-electron chi connectivity index (χ2n) is 4.88. The number of ether oxygens (including phenoxy) is 2. The van der Waals surface area contributed by atoms with Crippen LogP contribution in [0.3, 0.4) is 0 Å². The van der Waals surface area contributed by atoms with Gasteiger partial charge in [0.05, 0.1) is 11.0 Å². The number of rotatable bonds is 2. The first-order chi connectivity index (χ1) is 9.58. The molecule has 0 aliphatic carbocycles. The molecule has 1 aromatic heterocycles. The lowest BCUT2D eigenvalue weighted by Gasteiger charge is -2.18. The third-order valence-corrected chi connectivity index (χ3v) is 4.06. The molecule has 5 heteroatoms. The van der Waals surface area contributed by atoms with E-state index >= 15 is 0 Å². The molecule has 4 nitrogen and oxygen atoms in total. The maximum absolute atomic E-state index is 12.3. The molecule has 20 heavy (non-hydrogen) atoms. The van der Waals surface area contributed by atoms with Crippen LogP contribution < -0.4 is 10.5 Å². The Morgan fingerprint density at radius 2 is 2.15 bits per heavy atom. The molecule has 2 N–H and O–H groups in total. The van der Waals surface area contributed by atoms with Crippen molar-refractivity contribution in [3.05, 3.63) is 34.7 Å². The lowest BCUT2D eigenvalue weighted by Crippen LogP contribution is -2.14. The van der Waals surface area contributed by atoms with Crippen molar-refractivity contribution in [3.8, 4) is 16.9 Å². The molecule has 2 heterocycles. The molecule has 3 rings (SSSR count). The van der Waals surface area contributed by atoms with Crippen molar-refractivity contribution in [2.75, 3.05) is 5.73 Å². The minimum Gasteiger partial charge on any atom is -0.487 e. The average molecular weight is 289 g/mol. The van der Waals surface area contributed by atoms with Gasteiger partial charge >= 0.3 is 5.97 Å². The van der Waals surface area contributed by atoms with Crippen LogP contribution in [0.2, 0.25) is 0 Å². The van der Waals surface area contributed by atoms with Gasteiger partial charge in [-0.3, -0.25) is 0 Å². The van der Waals surface area contributed by atoms with Crippen LogP contribution in [0.4, 0.5) is 5.00 Å². The van der Waals surface area contributed by atoms with E-state index in [1.807, 2.05) is 38.1 Å². The SMILES string of the molecule is CC(C)OC(=O)c1c(N)sc2c1-c1ccccc1OC2. The number of anilines is 1. The van der Waals surface area contributed by atoms with Gasteiger partial charge in [0.25, 0.3) is 0 Å². The molecule has 1 aliphatic heterocycles. The van der Waals surface area contributed by atoms with Crippen molar-refractivity contribution in [1.82, 2.24) is 0 Å². The molecular weight excluding hydrogens is 274 g/mol. The summed E-state index contributed by atoms with van der Waals surface area (Å²) in [6, 6.07) is 7.66. The van der Waals surface area contributed by atoms with E-state index in [0.717, 1.165) is 21.8 Å². The number of fused-ring (bicyclic) bond motifs is 3. The van der Waals surface area contributed by atoms with Gasteiger partial charge in [0.15, 0.2) is 0 Å². The molecule has 104 valence electrons. The number of benzene rings is 1. The van der Waals surface area contributed by atoms with Gasteiger partial charge < -0.3 is 15.2 Å². The van der Waals surface area contributed by atoms with Crippen LogP contribution in [-0.4, -0.2) is 12.1 Å². The fourth-order valence-corrected chi connectivity index (χ4v) is 3.29. The van der Waals surface area contributed by atoms with Gasteiger partial charge in [0.2, 0.25) is 0 Å². The summed E-state index contributed by atoms with van der Waals surface area (Å²) >= 11 is 1.39. The highest BCUT2D eigenvalue weighted by Gasteiger charge is 2.29. The van der Waals surface area contributed by atoms with E-state index in [0.29, 0.717) is 17.2 Å². The number of hydrogen-bond donors (Lipinski definition) is 1.